The van der Waals surface area contributed by atoms with Crippen LogP contribution >= 0.6 is 0 Å². The molecular formula is C17H20N2O5. The molecule has 0 aromatic heterocycles. The summed E-state index contributed by atoms with van der Waals surface area (Å²) in [6.07, 6.45) is 0.937. The van der Waals surface area contributed by atoms with Crippen molar-refractivity contribution in [3.05, 3.63) is 35.0 Å². The van der Waals surface area contributed by atoms with Crippen molar-refractivity contribution in [2.24, 2.45) is 0 Å². The van der Waals surface area contributed by atoms with Gasteiger partial charge in [-0.2, -0.15) is 0 Å². The third-order valence-electron chi connectivity index (χ3n) is 4.12. The molecule has 0 saturated heterocycles. The van der Waals surface area contributed by atoms with Crippen molar-refractivity contribution in [1.29, 1.82) is 0 Å². The van der Waals surface area contributed by atoms with Gasteiger partial charge >= 0.3 is 5.97 Å². The summed E-state index contributed by atoms with van der Waals surface area (Å²) in [7, 11) is 1.28. The van der Waals surface area contributed by atoms with E-state index in [1.165, 1.54) is 12.0 Å². The van der Waals surface area contributed by atoms with Crippen molar-refractivity contribution in [3.8, 4) is 5.75 Å². The maximum atomic E-state index is 12.5. The third kappa shape index (κ3) is 2.94. The Labute approximate surface area is 139 Å². The van der Waals surface area contributed by atoms with E-state index in [4.69, 9.17) is 14.6 Å². The van der Waals surface area contributed by atoms with Crippen molar-refractivity contribution in [2.75, 3.05) is 32.1 Å². The summed E-state index contributed by atoms with van der Waals surface area (Å²) in [5.41, 5.74) is 2.23. The van der Waals surface area contributed by atoms with Crippen molar-refractivity contribution in [3.63, 3.8) is 0 Å². The Balaban J connectivity index is 1.87. The zero-order valence-electron chi connectivity index (χ0n) is 13.7. The fraction of sp³-hybridized carbons (Fsp3) is 0.412. The van der Waals surface area contributed by atoms with Crippen LogP contribution in [0, 0.1) is 0 Å². The molecule has 2 aliphatic heterocycles. The largest absolute Gasteiger partial charge is 0.490 e. The molecule has 2 heterocycles. The second kappa shape index (κ2) is 6.52. The summed E-state index contributed by atoms with van der Waals surface area (Å²) in [6, 6.07) is 5.58. The zero-order chi connectivity index (χ0) is 17.3. The Morgan fingerprint density at radius 3 is 3.00 bits per heavy atom. The van der Waals surface area contributed by atoms with Crippen LogP contribution in [0.25, 0.3) is 0 Å². The van der Waals surface area contributed by atoms with Gasteiger partial charge in [-0.05, 0) is 30.7 Å². The number of carbonyl (C=O) groups excluding carboxylic acids is 2. The third-order valence-corrected chi connectivity index (χ3v) is 4.12. The number of methoxy groups -OCH3 is 1. The van der Waals surface area contributed by atoms with Crippen LogP contribution in [0.15, 0.2) is 29.5 Å². The van der Waals surface area contributed by atoms with Crippen LogP contribution in [-0.4, -0.2) is 54.8 Å². The molecule has 0 spiro atoms. The number of esters is 1. The number of rotatable bonds is 5. The molecule has 24 heavy (non-hydrogen) atoms. The molecule has 7 heteroatoms. The first kappa shape index (κ1) is 16.3. The first-order chi connectivity index (χ1) is 11.5. The van der Waals surface area contributed by atoms with Gasteiger partial charge in [-0.1, -0.05) is 0 Å². The molecule has 0 radical (unpaired) electrons. The number of amides is 1. The van der Waals surface area contributed by atoms with E-state index in [2.05, 4.69) is 5.32 Å². The van der Waals surface area contributed by atoms with Gasteiger partial charge in [0.25, 0.3) is 5.91 Å². The Morgan fingerprint density at radius 1 is 1.50 bits per heavy atom. The molecule has 0 bridgehead atoms. The van der Waals surface area contributed by atoms with Crippen LogP contribution in [0.3, 0.4) is 0 Å². The molecule has 0 aliphatic carbocycles. The molecule has 7 nitrogen and oxygen atoms in total. The van der Waals surface area contributed by atoms with Gasteiger partial charge in [0.15, 0.2) is 0 Å². The second-order valence-electron chi connectivity index (χ2n) is 5.88. The number of carbonyl (C=O) groups is 2. The van der Waals surface area contributed by atoms with Crippen LogP contribution in [0.1, 0.15) is 12.5 Å². The number of hydrogen-bond acceptors (Lipinski definition) is 6. The van der Waals surface area contributed by atoms with E-state index in [-0.39, 0.29) is 43.0 Å². The highest BCUT2D eigenvalue weighted by molar-refractivity contribution is 6.08. The van der Waals surface area contributed by atoms with Crippen molar-refractivity contribution >= 4 is 17.6 Å². The number of hydrogen-bond donors (Lipinski definition) is 2. The van der Waals surface area contributed by atoms with E-state index < -0.39 is 5.97 Å². The fourth-order valence-electron chi connectivity index (χ4n) is 2.99. The summed E-state index contributed by atoms with van der Waals surface area (Å²) in [5.74, 6) is -0.0335. The Hall–Kier alpha value is -2.54. The molecule has 1 amide bonds. The molecule has 0 fully saturated rings. The maximum absolute atomic E-state index is 12.5. The molecule has 1 atom stereocenters. The standard InChI is InChI=1S/C17H20N2O5/c1-10-7-11-8-12(3-4-14(11)24-10)18-15-13(17(22)23-2)9-19(5-6-20)16(15)21/h3-4,8,10,18,20H,5-7,9H2,1-2H3. The molecule has 1 aromatic carbocycles. The predicted octanol–water partition coefficient (Wildman–Crippen LogP) is 0.683. The monoisotopic (exact) mass is 332 g/mol. The van der Waals surface area contributed by atoms with Gasteiger partial charge in [-0.25, -0.2) is 4.79 Å². The number of nitrogens with zero attached hydrogens (tertiary/aromatic N) is 1. The average Bonchev–Trinajstić information content (AvgIpc) is 3.08. The van der Waals surface area contributed by atoms with Gasteiger partial charge in [-0.3, -0.25) is 4.79 Å². The van der Waals surface area contributed by atoms with Gasteiger partial charge < -0.3 is 24.8 Å². The quantitative estimate of drug-likeness (QED) is 0.771. The van der Waals surface area contributed by atoms with Crippen LogP contribution in [-0.2, 0) is 20.7 Å². The lowest BCUT2D eigenvalue weighted by molar-refractivity contribution is -0.136. The summed E-state index contributed by atoms with van der Waals surface area (Å²) < 4.78 is 10.4. The molecule has 3 rings (SSSR count). The normalized spacial score (nSPS) is 19.4. The Kier molecular flexibility index (Phi) is 4.44. The molecule has 2 aliphatic rings. The summed E-state index contributed by atoms with van der Waals surface area (Å²) >= 11 is 0. The second-order valence-corrected chi connectivity index (χ2v) is 5.88. The number of nitrogens with one attached hydrogen (secondary N) is 1. The summed E-state index contributed by atoms with van der Waals surface area (Å²) in [6.45, 7) is 2.12. The molecule has 0 saturated carbocycles. The summed E-state index contributed by atoms with van der Waals surface area (Å²) in [4.78, 5) is 25.8. The predicted molar refractivity (Wildman–Crippen MR) is 86.6 cm³/mol. The number of fused-ring (bicyclic) bond motifs is 1. The molecule has 128 valence electrons. The lowest BCUT2D eigenvalue weighted by Gasteiger charge is -2.15. The maximum Gasteiger partial charge on any atom is 0.337 e. The van der Waals surface area contributed by atoms with E-state index >= 15 is 0 Å². The van der Waals surface area contributed by atoms with Gasteiger partial charge in [-0.15, -0.1) is 0 Å². The average molecular weight is 332 g/mol. The topological polar surface area (TPSA) is 88.1 Å². The minimum Gasteiger partial charge on any atom is -0.490 e. The SMILES string of the molecule is COC(=O)C1=C(Nc2ccc3c(c2)CC(C)O3)C(=O)N(CCO)C1. The van der Waals surface area contributed by atoms with E-state index in [1.807, 2.05) is 19.1 Å². The number of ether oxygens (including phenoxy) is 2. The van der Waals surface area contributed by atoms with Crippen molar-refractivity contribution in [2.45, 2.75) is 19.4 Å². The van der Waals surface area contributed by atoms with Crippen LogP contribution in [0.5, 0.6) is 5.75 Å². The zero-order valence-corrected chi connectivity index (χ0v) is 13.7. The number of aliphatic hydroxyl groups is 1. The number of β-amino-alcohol motifs (C(OH)–C–C–N with tert-alkyl or cyclic N) is 1. The molecule has 1 aromatic rings. The first-order valence-electron chi connectivity index (χ1n) is 7.81. The van der Waals surface area contributed by atoms with Crippen molar-refractivity contribution < 1.29 is 24.2 Å². The van der Waals surface area contributed by atoms with Crippen LogP contribution in [0.4, 0.5) is 5.69 Å². The van der Waals surface area contributed by atoms with Crippen LogP contribution in [0.2, 0.25) is 0 Å². The molecule has 1 unspecified atom stereocenters. The minimum atomic E-state index is -0.551. The van der Waals surface area contributed by atoms with E-state index in [0.717, 1.165) is 17.7 Å². The number of anilines is 1. The smallest absolute Gasteiger partial charge is 0.337 e. The van der Waals surface area contributed by atoms with E-state index in [9.17, 15) is 9.59 Å². The highest BCUT2D eigenvalue weighted by atomic mass is 16.5. The first-order valence-corrected chi connectivity index (χ1v) is 7.81. The number of aliphatic hydroxyl groups excluding tert-OH is 1. The molecular weight excluding hydrogens is 312 g/mol. The van der Waals surface area contributed by atoms with Gasteiger partial charge in [0.2, 0.25) is 0 Å². The van der Waals surface area contributed by atoms with Crippen LogP contribution < -0.4 is 10.1 Å². The van der Waals surface area contributed by atoms with Gasteiger partial charge in [0, 0.05) is 18.7 Å². The lowest BCUT2D eigenvalue weighted by Crippen LogP contribution is -2.31. The fourth-order valence-corrected chi connectivity index (χ4v) is 2.99. The summed E-state index contributed by atoms with van der Waals surface area (Å²) in [5, 5.41) is 12.1. The molecule has 2 N–H and O–H groups in total. The minimum absolute atomic E-state index is 0.124. The van der Waals surface area contributed by atoms with E-state index in [0.29, 0.717) is 5.69 Å². The van der Waals surface area contributed by atoms with Gasteiger partial charge in [0.05, 0.1) is 25.8 Å². The highest BCUT2D eigenvalue weighted by Gasteiger charge is 2.34. The highest BCUT2D eigenvalue weighted by Crippen LogP contribution is 2.32. The lowest BCUT2D eigenvalue weighted by atomic mass is 10.1. The Bertz CT molecular complexity index is 713. The van der Waals surface area contributed by atoms with E-state index in [1.54, 1.807) is 6.07 Å². The number of benzene rings is 1. The van der Waals surface area contributed by atoms with Crippen molar-refractivity contribution in [1.82, 2.24) is 4.90 Å². The van der Waals surface area contributed by atoms with Gasteiger partial charge in [0.1, 0.15) is 17.6 Å². The Morgan fingerprint density at radius 2 is 2.29 bits per heavy atom.